The predicted octanol–water partition coefficient (Wildman–Crippen LogP) is 4.19. The zero-order valence-electron chi connectivity index (χ0n) is 19.2. The maximum Gasteiger partial charge on any atom is 0.151 e. The number of rotatable bonds is 6. The van der Waals surface area contributed by atoms with Gasteiger partial charge in [0.25, 0.3) is 0 Å². The standard InChI is InChI=1S/C23H24BrFN4O5S/c1-31-18-9-32-22-19(10-33-21(18)22)34-17-6-12(25)4-5-15(17)28-23-20-14(24)7-13(29-35(2,3)30)8-16(20)26-11-27-23/h4-8,11,18-19,21-22H,9-10H2,1-3H3,(H,26,27,28)/t18-,19-,21-,22-/m1/s1. The van der Waals surface area contributed by atoms with Crippen LogP contribution >= 0.6 is 15.9 Å². The zero-order chi connectivity index (χ0) is 24.7. The van der Waals surface area contributed by atoms with Crippen molar-refractivity contribution in [2.45, 2.75) is 24.4 Å². The number of fused-ring (bicyclic) bond motifs is 2. The first-order chi connectivity index (χ1) is 16.7. The Labute approximate surface area is 210 Å². The van der Waals surface area contributed by atoms with Crippen molar-refractivity contribution < 1.29 is 27.5 Å². The Balaban J connectivity index is 1.46. The summed E-state index contributed by atoms with van der Waals surface area (Å²) >= 11 is 3.55. The lowest BCUT2D eigenvalue weighted by atomic mass is 10.1. The summed E-state index contributed by atoms with van der Waals surface area (Å²) in [6.45, 7) is 0.720. The van der Waals surface area contributed by atoms with Gasteiger partial charge in [0.1, 0.15) is 42.0 Å². The fourth-order valence-electron chi connectivity index (χ4n) is 4.25. The van der Waals surface area contributed by atoms with E-state index >= 15 is 0 Å². The van der Waals surface area contributed by atoms with Crippen molar-refractivity contribution in [2.75, 3.05) is 38.2 Å². The second kappa shape index (κ2) is 9.58. The van der Waals surface area contributed by atoms with E-state index in [9.17, 15) is 8.60 Å². The van der Waals surface area contributed by atoms with Gasteiger partial charge in [-0.15, -0.1) is 0 Å². The molecule has 9 nitrogen and oxygen atoms in total. The highest BCUT2D eigenvalue weighted by atomic mass is 79.9. The fourth-order valence-corrected chi connectivity index (χ4v) is 5.49. The second-order valence-electron chi connectivity index (χ2n) is 8.61. The summed E-state index contributed by atoms with van der Waals surface area (Å²) in [6, 6.07) is 7.73. The Morgan fingerprint density at radius 1 is 1.14 bits per heavy atom. The highest BCUT2D eigenvalue weighted by Crippen LogP contribution is 2.38. The summed E-state index contributed by atoms with van der Waals surface area (Å²) in [6.07, 6.45) is 3.44. The minimum Gasteiger partial charge on any atom is -0.483 e. The smallest absolute Gasteiger partial charge is 0.151 e. The number of hydrogen-bond acceptors (Lipinski definition) is 9. The van der Waals surface area contributed by atoms with Gasteiger partial charge in [-0.3, -0.25) is 0 Å². The van der Waals surface area contributed by atoms with Gasteiger partial charge in [0.05, 0.1) is 35.5 Å². The quantitative estimate of drug-likeness (QED) is 0.473. The number of benzene rings is 2. The van der Waals surface area contributed by atoms with Gasteiger partial charge in [0, 0.05) is 39.9 Å². The van der Waals surface area contributed by atoms with Crippen LogP contribution in [-0.2, 0) is 23.9 Å². The van der Waals surface area contributed by atoms with Gasteiger partial charge in [0.15, 0.2) is 6.10 Å². The van der Waals surface area contributed by atoms with Crippen LogP contribution < -0.4 is 10.1 Å². The molecule has 2 fully saturated rings. The first kappa shape index (κ1) is 24.3. The van der Waals surface area contributed by atoms with Crippen LogP contribution in [0.25, 0.3) is 10.9 Å². The first-order valence-electron chi connectivity index (χ1n) is 10.8. The van der Waals surface area contributed by atoms with Gasteiger partial charge in [-0.1, -0.05) is 0 Å². The molecule has 35 heavy (non-hydrogen) atoms. The topological polar surface area (TPSA) is 104 Å². The van der Waals surface area contributed by atoms with Gasteiger partial charge < -0.3 is 24.3 Å². The number of methoxy groups -OCH3 is 1. The predicted molar refractivity (Wildman–Crippen MR) is 134 cm³/mol. The normalized spacial score (nSPS) is 23.9. The second-order valence-corrected chi connectivity index (χ2v) is 12.0. The van der Waals surface area contributed by atoms with Crippen molar-refractivity contribution >= 4 is 53.8 Å². The minimum atomic E-state index is -2.34. The lowest BCUT2D eigenvalue weighted by Gasteiger charge is -2.21. The molecule has 5 rings (SSSR count). The van der Waals surface area contributed by atoms with E-state index in [1.165, 1.54) is 18.5 Å². The number of aromatic nitrogens is 2. The summed E-state index contributed by atoms with van der Waals surface area (Å²) in [5, 5.41) is 3.93. The SMILES string of the molecule is CO[C@@H]1CO[C@H]2[C@@H]1OC[C@H]2Oc1cc(F)ccc1Nc1ncnc2cc(N=S(C)(C)=O)cc(Br)c12. The average Bonchev–Trinajstić information content (AvgIpc) is 3.37. The molecule has 12 heteroatoms. The molecule has 0 bridgehead atoms. The Hall–Kier alpha value is -2.38. The molecule has 3 aromatic rings. The number of halogens is 2. The highest BCUT2D eigenvalue weighted by molar-refractivity contribution is 9.10. The molecule has 186 valence electrons. The number of nitrogens with one attached hydrogen (secondary N) is 1. The highest BCUT2D eigenvalue weighted by Gasteiger charge is 2.49. The third-order valence-corrected chi connectivity index (χ3v) is 7.02. The molecule has 0 saturated carbocycles. The van der Waals surface area contributed by atoms with E-state index in [-0.39, 0.29) is 18.3 Å². The van der Waals surface area contributed by atoms with E-state index in [1.807, 2.05) is 0 Å². The largest absolute Gasteiger partial charge is 0.483 e. The molecule has 0 spiro atoms. The van der Waals surface area contributed by atoms with Crippen LogP contribution in [0.3, 0.4) is 0 Å². The van der Waals surface area contributed by atoms with Gasteiger partial charge >= 0.3 is 0 Å². The van der Waals surface area contributed by atoms with Crippen LogP contribution in [0.4, 0.5) is 21.6 Å². The molecule has 0 aliphatic carbocycles. The van der Waals surface area contributed by atoms with E-state index < -0.39 is 21.7 Å². The molecule has 0 unspecified atom stereocenters. The molecule has 2 saturated heterocycles. The maximum atomic E-state index is 14.2. The van der Waals surface area contributed by atoms with E-state index in [0.717, 1.165) is 0 Å². The fraction of sp³-hybridized carbons (Fsp3) is 0.391. The Bertz CT molecular complexity index is 1390. The van der Waals surface area contributed by atoms with E-state index in [4.69, 9.17) is 18.9 Å². The van der Waals surface area contributed by atoms with Crippen LogP contribution in [0.15, 0.2) is 45.5 Å². The van der Waals surface area contributed by atoms with Crippen LogP contribution in [0.2, 0.25) is 0 Å². The van der Waals surface area contributed by atoms with Gasteiger partial charge in [-0.2, -0.15) is 4.36 Å². The van der Waals surface area contributed by atoms with Gasteiger partial charge in [-0.05, 0) is 40.2 Å². The molecule has 2 aliphatic heterocycles. The van der Waals surface area contributed by atoms with E-state index in [1.54, 1.807) is 37.8 Å². The third kappa shape index (κ3) is 5.12. The molecular weight excluding hydrogens is 543 g/mol. The summed E-state index contributed by atoms with van der Waals surface area (Å²) in [5.41, 5.74) is 1.65. The summed E-state index contributed by atoms with van der Waals surface area (Å²) in [7, 11) is -0.722. The lowest BCUT2D eigenvalue weighted by molar-refractivity contribution is -0.0138. The average molecular weight is 567 g/mol. The summed E-state index contributed by atoms with van der Waals surface area (Å²) in [4.78, 5) is 8.72. The zero-order valence-corrected chi connectivity index (χ0v) is 21.6. The molecule has 3 heterocycles. The minimum absolute atomic E-state index is 0.158. The number of hydrogen-bond donors (Lipinski definition) is 1. The molecular formula is C23H24BrFN4O5S. The third-order valence-electron chi connectivity index (χ3n) is 5.74. The maximum absolute atomic E-state index is 14.2. The number of nitrogens with zero attached hydrogens (tertiary/aromatic N) is 3. The molecule has 4 atom stereocenters. The molecule has 2 aliphatic rings. The van der Waals surface area contributed by atoms with Crippen molar-refractivity contribution in [3.8, 4) is 5.75 Å². The van der Waals surface area contributed by atoms with Crippen LogP contribution in [-0.4, -0.2) is 71.4 Å². The van der Waals surface area contributed by atoms with Crippen molar-refractivity contribution in [2.24, 2.45) is 4.36 Å². The van der Waals surface area contributed by atoms with E-state index in [2.05, 4.69) is 35.6 Å². The van der Waals surface area contributed by atoms with E-state index in [0.29, 0.717) is 51.5 Å². The lowest BCUT2D eigenvalue weighted by Crippen LogP contribution is -2.35. The molecule has 2 aromatic carbocycles. The summed E-state index contributed by atoms with van der Waals surface area (Å²) < 4.78 is 54.5. The van der Waals surface area contributed by atoms with Crippen LogP contribution in [0, 0.1) is 5.82 Å². The number of anilines is 2. The molecule has 0 radical (unpaired) electrons. The monoisotopic (exact) mass is 566 g/mol. The molecule has 1 N–H and O–H groups in total. The van der Waals surface area contributed by atoms with Crippen molar-refractivity contribution in [1.29, 1.82) is 0 Å². The van der Waals surface area contributed by atoms with Crippen molar-refractivity contribution in [1.82, 2.24) is 9.97 Å². The molecule has 0 amide bonds. The van der Waals surface area contributed by atoms with Gasteiger partial charge in [0.2, 0.25) is 0 Å². The summed E-state index contributed by atoms with van der Waals surface area (Å²) in [5.74, 6) is 0.344. The van der Waals surface area contributed by atoms with Crippen LogP contribution in [0.1, 0.15) is 0 Å². The Morgan fingerprint density at radius 3 is 2.63 bits per heavy atom. The Morgan fingerprint density at radius 2 is 1.89 bits per heavy atom. The van der Waals surface area contributed by atoms with Crippen LogP contribution in [0.5, 0.6) is 5.75 Å². The van der Waals surface area contributed by atoms with Crippen molar-refractivity contribution in [3.63, 3.8) is 0 Å². The molecule has 1 aromatic heterocycles. The van der Waals surface area contributed by atoms with Gasteiger partial charge in [-0.25, -0.2) is 18.6 Å². The number of ether oxygens (including phenoxy) is 4. The Kier molecular flexibility index (Phi) is 6.66. The van der Waals surface area contributed by atoms with Crippen molar-refractivity contribution in [3.05, 3.63) is 46.9 Å². The first-order valence-corrected chi connectivity index (χ1v) is 13.9.